The number of hydrogen-bond donors (Lipinski definition) is 1. The molecule has 1 unspecified atom stereocenters. The van der Waals surface area contributed by atoms with Gasteiger partial charge in [-0.25, -0.2) is 14.8 Å². The SMILES string of the molecule is COc1ccc(NC(=O)N2CCCC(N(C)c3ncc(C)cn3)C2)cc1. The topological polar surface area (TPSA) is 70.6 Å². The van der Waals surface area contributed by atoms with Crippen molar-refractivity contribution in [2.45, 2.75) is 25.8 Å². The van der Waals surface area contributed by atoms with E-state index in [1.54, 1.807) is 7.11 Å². The van der Waals surface area contributed by atoms with Gasteiger partial charge in [-0.15, -0.1) is 0 Å². The number of likely N-dealkylation sites (N-methyl/N-ethyl adjacent to an activating group) is 1. The predicted molar refractivity (Wildman–Crippen MR) is 102 cm³/mol. The third-order valence-electron chi connectivity index (χ3n) is 4.66. The molecule has 0 spiro atoms. The number of piperidine rings is 1. The Labute approximate surface area is 154 Å². The third kappa shape index (κ3) is 4.22. The molecule has 1 aromatic heterocycles. The minimum Gasteiger partial charge on any atom is -0.497 e. The summed E-state index contributed by atoms with van der Waals surface area (Å²) in [6.45, 7) is 3.37. The van der Waals surface area contributed by atoms with Crippen LogP contribution in [0.4, 0.5) is 16.4 Å². The fourth-order valence-electron chi connectivity index (χ4n) is 3.06. The van der Waals surface area contributed by atoms with Crippen molar-refractivity contribution in [1.82, 2.24) is 14.9 Å². The van der Waals surface area contributed by atoms with Gasteiger partial charge in [0.25, 0.3) is 0 Å². The molecule has 1 atom stereocenters. The van der Waals surface area contributed by atoms with Gasteiger partial charge in [0.2, 0.25) is 5.95 Å². The highest BCUT2D eigenvalue weighted by atomic mass is 16.5. The molecule has 0 saturated carbocycles. The average molecular weight is 355 g/mol. The number of urea groups is 1. The van der Waals surface area contributed by atoms with E-state index >= 15 is 0 Å². The van der Waals surface area contributed by atoms with Crippen LogP contribution in [0.15, 0.2) is 36.7 Å². The molecule has 7 nitrogen and oxygen atoms in total. The van der Waals surface area contributed by atoms with Crippen molar-refractivity contribution in [3.05, 3.63) is 42.2 Å². The highest BCUT2D eigenvalue weighted by molar-refractivity contribution is 5.89. The number of anilines is 2. The highest BCUT2D eigenvalue weighted by Gasteiger charge is 2.27. The Morgan fingerprint density at radius 2 is 1.96 bits per heavy atom. The molecular formula is C19H25N5O2. The summed E-state index contributed by atoms with van der Waals surface area (Å²) in [5.74, 6) is 1.46. The molecule has 26 heavy (non-hydrogen) atoms. The number of rotatable bonds is 4. The molecule has 1 N–H and O–H groups in total. The standard InChI is InChI=1S/C19H25N5O2/c1-14-11-20-18(21-12-14)23(2)16-5-4-10-24(13-16)19(25)22-15-6-8-17(26-3)9-7-15/h6-9,11-12,16H,4-5,10,13H2,1-3H3,(H,22,25). The molecule has 2 heterocycles. The maximum atomic E-state index is 12.6. The van der Waals surface area contributed by atoms with Crippen LogP contribution in [0.1, 0.15) is 18.4 Å². The largest absolute Gasteiger partial charge is 0.497 e. The van der Waals surface area contributed by atoms with Crippen molar-refractivity contribution in [2.75, 3.05) is 37.5 Å². The summed E-state index contributed by atoms with van der Waals surface area (Å²) in [7, 11) is 3.61. The number of nitrogens with zero attached hydrogens (tertiary/aromatic N) is 4. The van der Waals surface area contributed by atoms with Crippen LogP contribution in [0.25, 0.3) is 0 Å². The van der Waals surface area contributed by atoms with Gasteiger partial charge >= 0.3 is 6.03 Å². The summed E-state index contributed by atoms with van der Waals surface area (Å²) in [5.41, 5.74) is 1.79. The van der Waals surface area contributed by atoms with E-state index in [9.17, 15) is 4.79 Å². The Morgan fingerprint density at radius 3 is 2.62 bits per heavy atom. The molecule has 0 bridgehead atoms. The Bertz CT molecular complexity index is 733. The van der Waals surface area contributed by atoms with Gasteiger partial charge in [-0.2, -0.15) is 0 Å². The van der Waals surface area contributed by atoms with Crippen LogP contribution in [0.5, 0.6) is 5.75 Å². The van der Waals surface area contributed by atoms with Gasteiger partial charge < -0.3 is 19.9 Å². The molecule has 2 aromatic rings. The second-order valence-electron chi connectivity index (χ2n) is 6.57. The van der Waals surface area contributed by atoms with E-state index in [0.29, 0.717) is 12.5 Å². The number of aromatic nitrogens is 2. The second kappa shape index (κ2) is 8.03. The molecule has 1 fully saturated rings. The molecule has 1 aliphatic heterocycles. The summed E-state index contributed by atoms with van der Waals surface area (Å²) in [6.07, 6.45) is 5.60. The number of carbonyl (C=O) groups excluding carboxylic acids is 1. The number of ether oxygens (including phenoxy) is 1. The van der Waals surface area contributed by atoms with E-state index in [0.717, 1.165) is 36.4 Å². The summed E-state index contributed by atoms with van der Waals surface area (Å²) in [5, 5.41) is 2.95. The molecule has 1 aromatic carbocycles. The lowest BCUT2D eigenvalue weighted by atomic mass is 10.1. The Kier molecular flexibility index (Phi) is 5.55. The minimum atomic E-state index is -0.0851. The number of nitrogens with one attached hydrogen (secondary N) is 1. The van der Waals surface area contributed by atoms with Crippen molar-refractivity contribution in [1.29, 1.82) is 0 Å². The van der Waals surface area contributed by atoms with Crippen molar-refractivity contribution in [2.24, 2.45) is 0 Å². The van der Waals surface area contributed by atoms with Gasteiger partial charge in [-0.05, 0) is 49.6 Å². The maximum absolute atomic E-state index is 12.6. The molecule has 0 radical (unpaired) electrons. The lowest BCUT2D eigenvalue weighted by Gasteiger charge is -2.37. The lowest BCUT2D eigenvalue weighted by molar-refractivity contribution is 0.192. The summed E-state index contributed by atoms with van der Waals surface area (Å²) in [6, 6.07) is 7.45. The number of likely N-dealkylation sites (tertiary alicyclic amines) is 1. The van der Waals surface area contributed by atoms with Gasteiger partial charge in [0.05, 0.1) is 7.11 Å². The lowest BCUT2D eigenvalue weighted by Crippen LogP contribution is -2.50. The summed E-state index contributed by atoms with van der Waals surface area (Å²) in [4.78, 5) is 25.3. The van der Waals surface area contributed by atoms with E-state index in [4.69, 9.17) is 4.74 Å². The monoisotopic (exact) mass is 355 g/mol. The average Bonchev–Trinajstić information content (AvgIpc) is 2.68. The number of carbonyl (C=O) groups is 1. The molecule has 2 amide bonds. The molecule has 138 valence electrons. The fourth-order valence-corrected chi connectivity index (χ4v) is 3.06. The van der Waals surface area contributed by atoms with Crippen LogP contribution >= 0.6 is 0 Å². The molecule has 7 heteroatoms. The molecule has 1 aliphatic rings. The Morgan fingerprint density at radius 1 is 1.27 bits per heavy atom. The normalized spacial score (nSPS) is 16.9. The van der Waals surface area contributed by atoms with Crippen LogP contribution in [-0.4, -0.2) is 54.2 Å². The smallest absolute Gasteiger partial charge is 0.321 e. The minimum absolute atomic E-state index is 0.0851. The van der Waals surface area contributed by atoms with Crippen molar-refractivity contribution in [3.8, 4) is 5.75 Å². The van der Waals surface area contributed by atoms with Crippen LogP contribution in [0, 0.1) is 6.92 Å². The maximum Gasteiger partial charge on any atom is 0.321 e. The molecule has 0 aliphatic carbocycles. The highest BCUT2D eigenvalue weighted by Crippen LogP contribution is 2.20. The third-order valence-corrected chi connectivity index (χ3v) is 4.66. The second-order valence-corrected chi connectivity index (χ2v) is 6.57. The van der Waals surface area contributed by atoms with E-state index in [1.165, 1.54) is 0 Å². The number of benzene rings is 1. The summed E-state index contributed by atoms with van der Waals surface area (Å²) >= 11 is 0. The predicted octanol–water partition coefficient (Wildman–Crippen LogP) is 2.93. The van der Waals surface area contributed by atoms with Crippen LogP contribution in [0.3, 0.4) is 0 Å². The van der Waals surface area contributed by atoms with Gasteiger partial charge in [-0.1, -0.05) is 0 Å². The number of hydrogen-bond acceptors (Lipinski definition) is 5. The van der Waals surface area contributed by atoms with Crippen molar-refractivity contribution in [3.63, 3.8) is 0 Å². The molecule has 3 rings (SSSR count). The zero-order valence-corrected chi connectivity index (χ0v) is 15.5. The van der Waals surface area contributed by atoms with Crippen LogP contribution < -0.4 is 15.0 Å². The van der Waals surface area contributed by atoms with E-state index < -0.39 is 0 Å². The van der Waals surface area contributed by atoms with Crippen LogP contribution in [-0.2, 0) is 0 Å². The van der Waals surface area contributed by atoms with Crippen LogP contribution in [0.2, 0.25) is 0 Å². The van der Waals surface area contributed by atoms with E-state index in [1.807, 2.05) is 55.5 Å². The molecular weight excluding hydrogens is 330 g/mol. The first-order valence-electron chi connectivity index (χ1n) is 8.78. The quantitative estimate of drug-likeness (QED) is 0.913. The van der Waals surface area contributed by atoms with Crippen molar-refractivity contribution >= 4 is 17.7 Å². The zero-order chi connectivity index (χ0) is 18.5. The Hall–Kier alpha value is -2.83. The first-order chi connectivity index (χ1) is 12.6. The zero-order valence-electron chi connectivity index (χ0n) is 15.5. The van der Waals surface area contributed by atoms with E-state index in [2.05, 4.69) is 20.2 Å². The van der Waals surface area contributed by atoms with Crippen molar-refractivity contribution < 1.29 is 9.53 Å². The Balaban J connectivity index is 1.61. The van der Waals surface area contributed by atoms with Gasteiger partial charge in [0.1, 0.15) is 5.75 Å². The fraction of sp³-hybridized carbons (Fsp3) is 0.421. The van der Waals surface area contributed by atoms with Gasteiger partial charge in [-0.3, -0.25) is 0 Å². The number of aryl methyl sites for hydroxylation is 1. The summed E-state index contributed by atoms with van der Waals surface area (Å²) < 4.78 is 5.14. The van der Waals surface area contributed by atoms with E-state index in [-0.39, 0.29) is 12.1 Å². The van der Waals surface area contributed by atoms with Gasteiger partial charge in [0, 0.05) is 44.3 Å². The first kappa shape index (κ1) is 18.0. The number of amides is 2. The first-order valence-corrected chi connectivity index (χ1v) is 8.78. The molecule has 1 saturated heterocycles. The van der Waals surface area contributed by atoms with Gasteiger partial charge in [0.15, 0.2) is 0 Å². The number of methoxy groups -OCH3 is 1.